The van der Waals surface area contributed by atoms with Crippen LogP contribution in [0.25, 0.3) is 10.8 Å². The summed E-state index contributed by atoms with van der Waals surface area (Å²) >= 11 is 0. The number of nitrogens with zero attached hydrogens (tertiary/aromatic N) is 2. The van der Waals surface area contributed by atoms with Gasteiger partial charge in [-0.15, -0.1) is 0 Å². The number of pyridine rings is 1. The number of hydrogen-bond acceptors (Lipinski definition) is 1. The summed E-state index contributed by atoms with van der Waals surface area (Å²) in [5.41, 5.74) is 2.65. The molecule has 0 aliphatic heterocycles. The lowest BCUT2D eigenvalue weighted by Crippen LogP contribution is -2.40. The maximum atomic E-state index is 2.66. The first kappa shape index (κ1) is 19.9. The van der Waals surface area contributed by atoms with Gasteiger partial charge in [-0.1, -0.05) is 69.4 Å². The maximum absolute atomic E-state index is 2.66. The van der Waals surface area contributed by atoms with Gasteiger partial charge in [-0.25, -0.2) is 4.57 Å². The van der Waals surface area contributed by atoms with Crippen LogP contribution in [0.15, 0.2) is 67.0 Å². The highest BCUT2D eigenvalue weighted by Crippen LogP contribution is 2.38. The van der Waals surface area contributed by atoms with Gasteiger partial charge in [0.1, 0.15) is 12.7 Å². The van der Waals surface area contributed by atoms with E-state index in [2.05, 4.69) is 90.4 Å². The fourth-order valence-electron chi connectivity index (χ4n) is 5.08. The molecule has 3 aromatic rings. The van der Waals surface area contributed by atoms with Gasteiger partial charge in [-0.2, -0.15) is 0 Å². The maximum Gasteiger partial charge on any atom is 0.192 e. The minimum Gasteiger partial charge on any atom is -0.333 e. The fourth-order valence-corrected chi connectivity index (χ4v) is 5.08. The van der Waals surface area contributed by atoms with Crippen molar-refractivity contribution in [1.82, 2.24) is 0 Å². The Morgan fingerprint density at radius 3 is 2.48 bits per heavy atom. The van der Waals surface area contributed by atoms with Crippen LogP contribution in [0.2, 0.25) is 0 Å². The van der Waals surface area contributed by atoms with Crippen molar-refractivity contribution in [1.29, 1.82) is 0 Å². The fraction of sp³-hybridized carbons (Fsp3) is 0.444. The summed E-state index contributed by atoms with van der Waals surface area (Å²) in [4.78, 5) is 2.66. The molecule has 2 aromatic carbocycles. The van der Waals surface area contributed by atoms with Crippen LogP contribution in [-0.2, 0) is 7.05 Å². The number of anilines is 2. The van der Waals surface area contributed by atoms with Crippen LogP contribution in [-0.4, -0.2) is 6.04 Å². The van der Waals surface area contributed by atoms with E-state index in [9.17, 15) is 0 Å². The van der Waals surface area contributed by atoms with Gasteiger partial charge in [-0.05, 0) is 54.2 Å². The number of benzene rings is 2. The van der Waals surface area contributed by atoms with Crippen molar-refractivity contribution in [2.24, 2.45) is 13.0 Å². The molecule has 1 fully saturated rings. The zero-order valence-electron chi connectivity index (χ0n) is 18.1. The molecule has 0 bridgehead atoms. The Bertz CT molecular complexity index is 926. The first-order chi connectivity index (χ1) is 14.3. The molecule has 1 heterocycles. The second-order valence-electron chi connectivity index (χ2n) is 8.74. The van der Waals surface area contributed by atoms with Crippen LogP contribution in [0.1, 0.15) is 58.3 Å². The highest BCUT2D eigenvalue weighted by Gasteiger charge is 2.30. The van der Waals surface area contributed by atoms with E-state index >= 15 is 0 Å². The van der Waals surface area contributed by atoms with Crippen LogP contribution in [0.3, 0.4) is 0 Å². The summed E-state index contributed by atoms with van der Waals surface area (Å²) in [6.45, 7) is 2.32. The second kappa shape index (κ2) is 9.43. The topological polar surface area (TPSA) is 7.12 Å². The average molecular weight is 388 g/mol. The summed E-state index contributed by atoms with van der Waals surface area (Å²) in [6, 6.07) is 20.8. The van der Waals surface area contributed by atoms with Gasteiger partial charge in [0.15, 0.2) is 12.4 Å². The minimum atomic E-state index is 0.568. The third-order valence-corrected chi connectivity index (χ3v) is 6.59. The molecular formula is C27H35N2+. The Morgan fingerprint density at radius 1 is 0.931 bits per heavy atom. The molecule has 1 unspecified atom stereocenters. The van der Waals surface area contributed by atoms with Gasteiger partial charge < -0.3 is 4.90 Å². The van der Waals surface area contributed by atoms with Gasteiger partial charge >= 0.3 is 0 Å². The van der Waals surface area contributed by atoms with Crippen LogP contribution in [0.4, 0.5) is 11.4 Å². The van der Waals surface area contributed by atoms with E-state index in [-0.39, 0.29) is 0 Å². The van der Waals surface area contributed by atoms with Gasteiger partial charge in [0, 0.05) is 17.8 Å². The van der Waals surface area contributed by atoms with Crippen molar-refractivity contribution in [3.8, 4) is 0 Å². The Hall–Kier alpha value is -2.35. The zero-order valence-corrected chi connectivity index (χ0v) is 18.1. The molecule has 29 heavy (non-hydrogen) atoms. The molecule has 0 N–H and O–H groups in total. The van der Waals surface area contributed by atoms with Gasteiger partial charge in [0.2, 0.25) is 0 Å². The highest BCUT2D eigenvalue weighted by atomic mass is 15.2. The lowest BCUT2D eigenvalue weighted by Gasteiger charge is -2.40. The molecule has 1 aromatic heterocycles. The number of hydrogen-bond donors (Lipinski definition) is 0. The van der Waals surface area contributed by atoms with E-state index in [1.807, 2.05) is 0 Å². The molecule has 1 atom stereocenters. The van der Waals surface area contributed by atoms with Crippen LogP contribution < -0.4 is 9.47 Å². The average Bonchev–Trinajstić information content (AvgIpc) is 2.77. The van der Waals surface area contributed by atoms with Gasteiger partial charge in [-0.3, -0.25) is 0 Å². The van der Waals surface area contributed by atoms with Crippen molar-refractivity contribution in [2.75, 3.05) is 4.90 Å². The van der Waals surface area contributed by atoms with E-state index in [4.69, 9.17) is 0 Å². The Labute approximate surface area is 176 Å². The monoisotopic (exact) mass is 387 g/mol. The van der Waals surface area contributed by atoms with Gasteiger partial charge in [0.05, 0.1) is 0 Å². The Balaban J connectivity index is 1.80. The standard InChI is InChI=1S/C27H35N2/c1-3-4-16-27(23-12-6-5-7-13-23)29(26-15-10-19-28(2)21-26)25-18-17-22-11-8-9-14-24(22)20-25/h8-11,14-15,17-21,23,27H,3-7,12-13,16H2,1-2H3/q+1. The van der Waals surface area contributed by atoms with Gasteiger partial charge in [0.25, 0.3) is 0 Å². The van der Waals surface area contributed by atoms with Crippen molar-refractivity contribution in [3.05, 3.63) is 67.0 Å². The lowest BCUT2D eigenvalue weighted by atomic mass is 9.81. The molecule has 152 valence electrons. The summed E-state index contributed by atoms with van der Waals surface area (Å²) in [7, 11) is 2.13. The molecule has 4 rings (SSSR count). The predicted octanol–water partition coefficient (Wildman–Crippen LogP) is 6.94. The van der Waals surface area contributed by atoms with Crippen LogP contribution >= 0.6 is 0 Å². The zero-order chi connectivity index (χ0) is 20.1. The SMILES string of the molecule is CCCCC(C1CCCCC1)N(c1ccc2ccccc2c1)c1ccc[n+](C)c1. The summed E-state index contributed by atoms with van der Waals surface area (Å²) in [5, 5.41) is 2.64. The molecule has 0 saturated heterocycles. The molecule has 2 nitrogen and oxygen atoms in total. The minimum absolute atomic E-state index is 0.568. The van der Waals surface area contributed by atoms with E-state index < -0.39 is 0 Å². The van der Waals surface area contributed by atoms with Crippen molar-refractivity contribution < 1.29 is 4.57 Å². The quantitative estimate of drug-likeness (QED) is 0.398. The number of aryl methyl sites for hydroxylation is 1. The normalized spacial score (nSPS) is 16.1. The molecule has 2 heteroatoms. The smallest absolute Gasteiger partial charge is 0.192 e. The second-order valence-corrected chi connectivity index (χ2v) is 8.74. The molecule has 1 aliphatic rings. The summed E-state index contributed by atoms with van der Waals surface area (Å²) in [6.07, 6.45) is 15.2. The molecular weight excluding hydrogens is 352 g/mol. The number of unbranched alkanes of at least 4 members (excludes halogenated alkanes) is 1. The Morgan fingerprint density at radius 2 is 1.72 bits per heavy atom. The number of rotatable bonds is 7. The van der Waals surface area contributed by atoms with Crippen molar-refractivity contribution in [3.63, 3.8) is 0 Å². The van der Waals surface area contributed by atoms with Crippen molar-refractivity contribution in [2.45, 2.75) is 64.3 Å². The van der Waals surface area contributed by atoms with E-state index in [1.165, 1.54) is 73.5 Å². The Kier molecular flexibility index (Phi) is 6.49. The van der Waals surface area contributed by atoms with E-state index in [0.717, 1.165) is 5.92 Å². The summed E-state index contributed by atoms with van der Waals surface area (Å²) in [5.74, 6) is 0.785. The first-order valence-corrected chi connectivity index (χ1v) is 11.5. The molecule has 0 amide bonds. The number of aromatic nitrogens is 1. The molecule has 0 spiro atoms. The van der Waals surface area contributed by atoms with E-state index in [0.29, 0.717) is 6.04 Å². The number of fused-ring (bicyclic) bond motifs is 1. The van der Waals surface area contributed by atoms with Crippen LogP contribution in [0, 0.1) is 5.92 Å². The predicted molar refractivity (Wildman–Crippen MR) is 124 cm³/mol. The summed E-state index contributed by atoms with van der Waals surface area (Å²) < 4.78 is 2.18. The molecule has 1 saturated carbocycles. The lowest BCUT2D eigenvalue weighted by molar-refractivity contribution is -0.670. The molecule has 1 aliphatic carbocycles. The van der Waals surface area contributed by atoms with E-state index in [1.54, 1.807) is 0 Å². The first-order valence-electron chi connectivity index (χ1n) is 11.5. The third kappa shape index (κ3) is 4.63. The van der Waals surface area contributed by atoms with Crippen molar-refractivity contribution >= 4 is 22.1 Å². The highest BCUT2D eigenvalue weighted by molar-refractivity contribution is 5.87. The largest absolute Gasteiger partial charge is 0.333 e. The van der Waals surface area contributed by atoms with Crippen LogP contribution in [0.5, 0.6) is 0 Å². The third-order valence-electron chi connectivity index (χ3n) is 6.59. The molecule has 0 radical (unpaired) electrons.